The first-order chi connectivity index (χ1) is 10.1. The molecule has 0 bridgehead atoms. The molecule has 0 aliphatic heterocycles. The number of pyridine rings is 3. The van der Waals surface area contributed by atoms with Gasteiger partial charge in [-0.15, -0.1) is 0 Å². The molecule has 0 aliphatic carbocycles. The Bertz CT molecular complexity index is 883. The minimum atomic E-state index is -0.127. The van der Waals surface area contributed by atoms with Gasteiger partial charge in [-0.05, 0) is 36.1 Å². The van der Waals surface area contributed by atoms with Crippen molar-refractivity contribution in [1.82, 2.24) is 14.5 Å². The van der Waals surface area contributed by atoms with Gasteiger partial charge in [-0.3, -0.25) is 9.78 Å². The second-order valence-corrected chi connectivity index (χ2v) is 5.14. The van der Waals surface area contributed by atoms with Crippen LogP contribution in [-0.2, 0) is 13.5 Å². The van der Waals surface area contributed by atoms with Gasteiger partial charge in [0, 0.05) is 37.3 Å². The molecule has 0 atom stereocenters. The van der Waals surface area contributed by atoms with E-state index in [4.69, 9.17) is 5.73 Å². The summed E-state index contributed by atoms with van der Waals surface area (Å²) >= 11 is 0. The molecule has 0 fully saturated rings. The zero-order valence-electron chi connectivity index (χ0n) is 12.0. The highest BCUT2D eigenvalue weighted by Gasteiger charge is 2.10. The summed E-state index contributed by atoms with van der Waals surface area (Å²) in [5.74, 6) is 0.275. The molecule has 2 N–H and O–H groups in total. The third-order valence-electron chi connectivity index (χ3n) is 3.61. The lowest BCUT2D eigenvalue weighted by molar-refractivity contribution is 0.872. The maximum atomic E-state index is 12.1. The van der Waals surface area contributed by atoms with Crippen LogP contribution in [0.2, 0.25) is 0 Å². The fraction of sp³-hybridized carbons (Fsp3) is 0.188. The fourth-order valence-corrected chi connectivity index (χ4v) is 2.41. The van der Waals surface area contributed by atoms with Gasteiger partial charge in [0.25, 0.3) is 5.56 Å². The molecule has 21 heavy (non-hydrogen) atoms. The number of fused-ring (bicyclic) bond motifs is 1. The second kappa shape index (κ2) is 5.01. The van der Waals surface area contributed by atoms with E-state index in [-0.39, 0.29) is 11.4 Å². The Morgan fingerprint density at radius 1 is 1.33 bits per heavy atom. The van der Waals surface area contributed by atoms with Gasteiger partial charge >= 0.3 is 0 Å². The highest BCUT2D eigenvalue weighted by molar-refractivity contribution is 5.90. The lowest BCUT2D eigenvalue weighted by atomic mass is 10.1. The minimum Gasteiger partial charge on any atom is -0.383 e. The van der Waals surface area contributed by atoms with Gasteiger partial charge < -0.3 is 10.3 Å². The Labute approximate surface area is 122 Å². The van der Waals surface area contributed by atoms with Crippen molar-refractivity contribution in [3.05, 3.63) is 64.0 Å². The van der Waals surface area contributed by atoms with Gasteiger partial charge in [0.1, 0.15) is 5.82 Å². The zero-order valence-corrected chi connectivity index (χ0v) is 12.0. The Hall–Kier alpha value is -2.69. The lowest BCUT2D eigenvalue weighted by Gasteiger charge is -2.08. The molecule has 0 saturated carbocycles. The van der Waals surface area contributed by atoms with Crippen molar-refractivity contribution in [2.24, 2.45) is 7.05 Å². The van der Waals surface area contributed by atoms with E-state index in [1.807, 2.05) is 31.2 Å². The molecule has 5 heteroatoms. The van der Waals surface area contributed by atoms with E-state index in [0.717, 1.165) is 22.3 Å². The van der Waals surface area contributed by atoms with E-state index < -0.39 is 0 Å². The molecule has 0 unspecified atom stereocenters. The van der Waals surface area contributed by atoms with Gasteiger partial charge in [0.05, 0.1) is 5.39 Å². The summed E-state index contributed by atoms with van der Waals surface area (Å²) in [4.78, 5) is 20.8. The molecular weight excluding hydrogens is 264 g/mol. The van der Waals surface area contributed by atoms with Crippen molar-refractivity contribution in [2.75, 3.05) is 5.73 Å². The van der Waals surface area contributed by atoms with Crippen LogP contribution in [0.3, 0.4) is 0 Å². The standard InChI is InChI=1S/C16H16N4O/c1-10-4-3-6-18-13(10)9-12-8-11-5-7-20(2)16(21)14(11)15(17)19-12/h3-8H,9H2,1-2H3,(H2,17,19). The molecule has 3 aromatic heterocycles. The number of anilines is 1. The molecule has 106 valence electrons. The van der Waals surface area contributed by atoms with Crippen molar-refractivity contribution in [1.29, 1.82) is 0 Å². The lowest BCUT2D eigenvalue weighted by Crippen LogP contribution is -2.17. The molecule has 0 spiro atoms. The summed E-state index contributed by atoms with van der Waals surface area (Å²) in [5.41, 5.74) is 8.74. The number of hydrogen-bond donors (Lipinski definition) is 1. The molecule has 0 aromatic carbocycles. The molecule has 3 aromatic rings. The average Bonchev–Trinajstić information content (AvgIpc) is 2.45. The predicted octanol–water partition coefficient (Wildman–Crippen LogP) is 1.81. The van der Waals surface area contributed by atoms with E-state index in [2.05, 4.69) is 9.97 Å². The van der Waals surface area contributed by atoms with Crippen LogP contribution in [0, 0.1) is 6.92 Å². The van der Waals surface area contributed by atoms with Gasteiger partial charge in [0.2, 0.25) is 0 Å². The number of aryl methyl sites for hydroxylation is 2. The maximum absolute atomic E-state index is 12.1. The molecule has 0 saturated heterocycles. The number of hydrogen-bond acceptors (Lipinski definition) is 4. The highest BCUT2D eigenvalue weighted by atomic mass is 16.1. The van der Waals surface area contributed by atoms with Crippen LogP contribution in [0.15, 0.2) is 41.5 Å². The molecule has 0 amide bonds. The quantitative estimate of drug-likeness (QED) is 0.777. The van der Waals surface area contributed by atoms with E-state index in [1.165, 1.54) is 4.57 Å². The van der Waals surface area contributed by atoms with E-state index in [0.29, 0.717) is 11.8 Å². The number of nitrogens with zero attached hydrogens (tertiary/aromatic N) is 3. The molecule has 5 nitrogen and oxygen atoms in total. The largest absolute Gasteiger partial charge is 0.383 e. The highest BCUT2D eigenvalue weighted by Crippen LogP contribution is 2.19. The van der Waals surface area contributed by atoms with Crippen LogP contribution in [0.5, 0.6) is 0 Å². The molecule has 3 rings (SSSR count). The third kappa shape index (κ3) is 2.38. The summed E-state index contributed by atoms with van der Waals surface area (Å²) in [6.45, 7) is 2.02. The molecule has 0 radical (unpaired) electrons. The van der Waals surface area contributed by atoms with E-state index in [1.54, 1.807) is 19.4 Å². The smallest absolute Gasteiger partial charge is 0.261 e. The summed E-state index contributed by atoms with van der Waals surface area (Å²) in [6.07, 6.45) is 4.10. The van der Waals surface area contributed by atoms with Crippen molar-refractivity contribution in [2.45, 2.75) is 13.3 Å². The van der Waals surface area contributed by atoms with Gasteiger partial charge in [-0.25, -0.2) is 4.98 Å². The number of nitrogens with two attached hydrogens (primary N) is 1. The van der Waals surface area contributed by atoms with Crippen LogP contribution in [0.1, 0.15) is 17.0 Å². The monoisotopic (exact) mass is 280 g/mol. The van der Waals surface area contributed by atoms with Crippen molar-refractivity contribution in [3.8, 4) is 0 Å². The first-order valence-corrected chi connectivity index (χ1v) is 6.71. The van der Waals surface area contributed by atoms with Crippen LogP contribution in [-0.4, -0.2) is 14.5 Å². The molecule has 0 aliphatic rings. The Kier molecular flexibility index (Phi) is 3.17. The Morgan fingerprint density at radius 2 is 2.14 bits per heavy atom. The zero-order chi connectivity index (χ0) is 15.0. The average molecular weight is 280 g/mol. The van der Waals surface area contributed by atoms with E-state index >= 15 is 0 Å². The summed E-state index contributed by atoms with van der Waals surface area (Å²) in [5, 5.41) is 1.29. The van der Waals surface area contributed by atoms with Crippen LogP contribution < -0.4 is 11.3 Å². The van der Waals surface area contributed by atoms with Crippen molar-refractivity contribution >= 4 is 16.6 Å². The van der Waals surface area contributed by atoms with Crippen LogP contribution in [0.4, 0.5) is 5.82 Å². The Morgan fingerprint density at radius 3 is 2.90 bits per heavy atom. The first-order valence-electron chi connectivity index (χ1n) is 6.71. The number of nitrogen functional groups attached to an aromatic ring is 1. The van der Waals surface area contributed by atoms with Gasteiger partial charge in [-0.1, -0.05) is 6.07 Å². The van der Waals surface area contributed by atoms with E-state index in [9.17, 15) is 4.79 Å². The van der Waals surface area contributed by atoms with Crippen molar-refractivity contribution in [3.63, 3.8) is 0 Å². The van der Waals surface area contributed by atoms with Crippen molar-refractivity contribution < 1.29 is 0 Å². The maximum Gasteiger partial charge on any atom is 0.261 e. The fourth-order valence-electron chi connectivity index (χ4n) is 2.41. The normalized spacial score (nSPS) is 11.0. The van der Waals surface area contributed by atoms with Crippen LogP contribution >= 0.6 is 0 Å². The summed E-state index contributed by atoms with van der Waals surface area (Å²) < 4.78 is 1.50. The number of aromatic nitrogens is 3. The number of rotatable bonds is 2. The predicted molar refractivity (Wildman–Crippen MR) is 83.2 cm³/mol. The SMILES string of the molecule is Cc1cccnc1Cc1cc2ccn(C)c(=O)c2c(N)n1. The van der Waals surface area contributed by atoms with Gasteiger partial charge in [0.15, 0.2) is 0 Å². The van der Waals surface area contributed by atoms with Crippen LogP contribution in [0.25, 0.3) is 10.8 Å². The first kappa shape index (κ1) is 13.3. The third-order valence-corrected chi connectivity index (χ3v) is 3.61. The molecular formula is C16H16N4O. The summed E-state index contributed by atoms with van der Waals surface area (Å²) in [6, 6.07) is 7.71. The summed E-state index contributed by atoms with van der Waals surface area (Å²) in [7, 11) is 1.70. The topological polar surface area (TPSA) is 73.8 Å². The minimum absolute atomic E-state index is 0.127. The van der Waals surface area contributed by atoms with Gasteiger partial charge in [-0.2, -0.15) is 0 Å². The molecule has 3 heterocycles. The second-order valence-electron chi connectivity index (χ2n) is 5.14. The Balaban J connectivity index is 2.12.